The normalized spacial score (nSPS) is 17.1. The summed E-state index contributed by atoms with van der Waals surface area (Å²) in [7, 11) is 0. The van der Waals surface area contributed by atoms with Crippen LogP contribution in [0.1, 0.15) is 11.6 Å². The summed E-state index contributed by atoms with van der Waals surface area (Å²) in [5.74, 6) is 0.972. The van der Waals surface area contributed by atoms with Crippen molar-refractivity contribution in [2.45, 2.75) is 6.04 Å². The third-order valence-corrected chi connectivity index (χ3v) is 5.00. The Morgan fingerprint density at radius 3 is 2.52 bits per heavy atom. The van der Waals surface area contributed by atoms with Crippen LogP contribution in [-0.2, 0) is 0 Å². The quantitative estimate of drug-likeness (QED) is 0.776. The van der Waals surface area contributed by atoms with Crippen LogP contribution < -0.4 is 4.90 Å². The van der Waals surface area contributed by atoms with E-state index >= 15 is 0 Å². The fourth-order valence-electron chi connectivity index (χ4n) is 3.36. The van der Waals surface area contributed by atoms with Crippen molar-refractivity contribution in [2.24, 2.45) is 0 Å². The number of aliphatic hydroxyl groups excluding tert-OH is 1. The average Bonchev–Trinajstić information content (AvgIpc) is 3.12. The molecule has 1 atom stereocenters. The molecule has 1 unspecified atom stereocenters. The number of piperazine rings is 1. The van der Waals surface area contributed by atoms with E-state index in [0.717, 1.165) is 43.2 Å². The van der Waals surface area contributed by atoms with Crippen LogP contribution in [0.2, 0.25) is 5.02 Å². The number of benzene rings is 1. The van der Waals surface area contributed by atoms with Crippen LogP contribution in [0.5, 0.6) is 0 Å². The number of fused-ring (bicyclic) bond motifs is 1. The third-order valence-electron chi connectivity index (χ3n) is 4.75. The number of hydrogen-bond acceptors (Lipinski definition) is 5. The zero-order chi connectivity index (χ0) is 17.2. The van der Waals surface area contributed by atoms with Gasteiger partial charge < -0.3 is 10.0 Å². The Labute approximate surface area is 151 Å². The number of aliphatic hydroxyl groups is 1. The van der Waals surface area contributed by atoms with E-state index in [1.165, 1.54) is 0 Å². The topological polar surface area (TPSA) is 56.9 Å². The van der Waals surface area contributed by atoms with Crippen molar-refractivity contribution in [3.05, 3.63) is 59.4 Å². The van der Waals surface area contributed by atoms with Gasteiger partial charge in [-0.15, -0.1) is 0 Å². The summed E-state index contributed by atoms with van der Waals surface area (Å²) >= 11 is 5.97. The van der Waals surface area contributed by atoms with E-state index in [4.69, 9.17) is 11.6 Å². The summed E-state index contributed by atoms with van der Waals surface area (Å²) in [5, 5.41) is 14.8. The molecule has 1 saturated heterocycles. The fraction of sp³-hybridized carbons (Fsp3) is 0.333. The maximum Gasteiger partial charge on any atom is 0.157 e. The molecule has 4 rings (SSSR count). The van der Waals surface area contributed by atoms with Gasteiger partial charge in [0.2, 0.25) is 0 Å². The highest BCUT2D eigenvalue weighted by Gasteiger charge is 2.25. The molecule has 25 heavy (non-hydrogen) atoms. The number of aromatic nitrogens is 3. The van der Waals surface area contributed by atoms with E-state index in [1.807, 2.05) is 42.6 Å². The molecule has 0 bridgehead atoms. The van der Waals surface area contributed by atoms with E-state index in [0.29, 0.717) is 5.02 Å². The lowest BCUT2D eigenvalue weighted by atomic mass is 10.1. The average molecular weight is 358 g/mol. The number of anilines is 1. The van der Waals surface area contributed by atoms with Gasteiger partial charge >= 0.3 is 0 Å². The van der Waals surface area contributed by atoms with Gasteiger partial charge in [0.05, 0.1) is 18.8 Å². The molecule has 1 fully saturated rings. The number of rotatable bonds is 4. The Bertz CT molecular complexity index is 842. The van der Waals surface area contributed by atoms with Crippen molar-refractivity contribution in [1.29, 1.82) is 0 Å². The molecule has 3 heterocycles. The van der Waals surface area contributed by atoms with Gasteiger partial charge in [0.15, 0.2) is 5.65 Å². The molecule has 0 amide bonds. The van der Waals surface area contributed by atoms with E-state index in [-0.39, 0.29) is 12.6 Å². The minimum atomic E-state index is 0.00434. The summed E-state index contributed by atoms with van der Waals surface area (Å²) < 4.78 is 1.77. The first-order valence-electron chi connectivity index (χ1n) is 8.40. The zero-order valence-corrected chi connectivity index (χ0v) is 14.5. The summed E-state index contributed by atoms with van der Waals surface area (Å²) in [6.45, 7) is 3.60. The molecular formula is C18H20ClN5O. The fourth-order valence-corrected chi connectivity index (χ4v) is 3.48. The minimum absolute atomic E-state index is 0.00434. The monoisotopic (exact) mass is 357 g/mol. The second-order valence-electron chi connectivity index (χ2n) is 6.19. The lowest BCUT2D eigenvalue weighted by Gasteiger charge is -2.39. The minimum Gasteiger partial charge on any atom is -0.394 e. The Morgan fingerprint density at radius 1 is 1.04 bits per heavy atom. The molecule has 0 spiro atoms. The van der Waals surface area contributed by atoms with Gasteiger partial charge in [0.25, 0.3) is 0 Å². The molecule has 0 radical (unpaired) electrons. The van der Waals surface area contributed by atoms with Crippen LogP contribution in [0, 0.1) is 0 Å². The molecule has 2 aromatic heterocycles. The predicted molar refractivity (Wildman–Crippen MR) is 98.1 cm³/mol. The molecule has 7 heteroatoms. The third kappa shape index (κ3) is 3.33. The van der Waals surface area contributed by atoms with Gasteiger partial charge in [-0.3, -0.25) is 4.90 Å². The van der Waals surface area contributed by atoms with Crippen molar-refractivity contribution in [3.63, 3.8) is 0 Å². The van der Waals surface area contributed by atoms with Crippen molar-refractivity contribution in [3.8, 4) is 0 Å². The van der Waals surface area contributed by atoms with Crippen molar-refractivity contribution >= 4 is 23.1 Å². The first kappa shape index (κ1) is 16.3. The van der Waals surface area contributed by atoms with Gasteiger partial charge in [-0.05, 0) is 23.8 Å². The van der Waals surface area contributed by atoms with Crippen molar-refractivity contribution in [1.82, 2.24) is 19.5 Å². The van der Waals surface area contributed by atoms with Crippen molar-refractivity contribution in [2.75, 3.05) is 37.7 Å². The lowest BCUT2D eigenvalue weighted by Crippen LogP contribution is -2.48. The van der Waals surface area contributed by atoms with E-state index in [9.17, 15) is 5.11 Å². The first-order valence-corrected chi connectivity index (χ1v) is 8.78. The first-order chi connectivity index (χ1) is 12.2. The van der Waals surface area contributed by atoms with E-state index in [1.54, 1.807) is 10.7 Å². The standard InChI is InChI=1S/C18H20ClN5O/c19-15-3-1-14(2-4-15)16(13-25)22-9-11-23(12-10-22)17-6-8-24-18(21-17)5-7-20-24/h1-8,16,25H,9-13H2. The Hall–Kier alpha value is -2.15. The van der Waals surface area contributed by atoms with Crippen molar-refractivity contribution < 1.29 is 5.11 Å². The van der Waals surface area contributed by atoms with Crippen LogP contribution in [0.15, 0.2) is 48.8 Å². The summed E-state index contributed by atoms with van der Waals surface area (Å²) in [5.41, 5.74) is 1.95. The molecule has 1 N–H and O–H groups in total. The van der Waals surface area contributed by atoms with E-state index < -0.39 is 0 Å². The number of hydrogen-bond donors (Lipinski definition) is 1. The highest BCUT2D eigenvalue weighted by atomic mass is 35.5. The molecule has 1 aliphatic rings. The van der Waals surface area contributed by atoms with Crippen LogP contribution in [0.4, 0.5) is 5.82 Å². The molecule has 130 valence electrons. The summed E-state index contributed by atoms with van der Waals surface area (Å²) in [6, 6.07) is 11.6. The largest absolute Gasteiger partial charge is 0.394 e. The number of halogens is 1. The van der Waals surface area contributed by atoms with Gasteiger partial charge in [-0.2, -0.15) is 5.10 Å². The highest BCUT2D eigenvalue weighted by molar-refractivity contribution is 6.30. The lowest BCUT2D eigenvalue weighted by molar-refractivity contribution is 0.117. The summed E-state index contributed by atoms with van der Waals surface area (Å²) in [4.78, 5) is 9.25. The Kier molecular flexibility index (Phi) is 4.57. The van der Waals surface area contributed by atoms with Crippen LogP contribution in [-0.4, -0.2) is 57.4 Å². The Morgan fingerprint density at radius 2 is 1.80 bits per heavy atom. The van der Waals surface area contributed by atoms with Crippen LogP contribution >= 0.6 is 11.6 Å². The SMILES string of the molecule is OCC(c1ccc(Cl)cc1)N1CCN(c2ccn3nccc3n2)CC1. The molecule has 1 aliphatic heterocycles. The van der Waals surface area contributed by atoms with Gasteiger partial charge in [0, 0.05) is 43.5 Å². The molecule has 0 saturated carbocycles. The maximum atomic E-state index is 9.87. The van der Waals surface area contributed by atoms with Crippen LogP contribution in [0.25, 0.3) is 5.65 Å². The second-order valence-corrected chi connectivity index (χ2v) is 6.63. The smallest absolute Gasteiger partial charge is 0.157 e. The van der Waals surface area contributed by atoms with Gasteiger partial charge in [-0.1, -0.05) is 23.7 Å². The highest BCUT2D eigenvalue weighted by Crippen LogP contribution is 2.24. The van der Waals surface area contributed by atoms with Gasteiger partial charge in [-0.25, -0.2) is 9.50 Å². The molecular weight excluding hydrogens is 338 g/mol. The number of nitrogens with zero attached hydrogens (tertiary/aromatic N) is 5. The zero-order valence-electron chi connectivity index (χ0n) is 13.8. The van der Waals surface area contributed by atoms with Crippen LogP contribution in [0.3, 0.4) is 0 Å². The summed E-state index contributed by atoms with van der Waals surface area (Å²) in [6.07, 6.45) is 3.69. The molecule has 0 aliphatic carbocycles. The second kappa shape index (κ2) is 7.00. The molecule has 3 aromatic rings. The predicted octanol–water partition coefficient (Wildman–Crippen LogP) is 2.24. The van der Waals surface area contributed by atoms with E-state index in [2.05, 4.69) is 19.9 Å². The molecule has 1 aromatic carbocycles. The maximum absolute atomic E-state index is 9.87. The molecule has 6 nitrogen and oxygen atoms in total. The van der Waals surface area contributed by atoms with Gasteiger partial charge in [0.1, 0.15) is 5.82 Å². The Balaban J connectivity index is 1.45.